The van der Waals surface area contributed by atoms with Crippen LogP contribution >= 0.6 is 15.9 Å². The van der Waals surface area contributed by atoms with Crippen LogP contribution in [-0.2, 0) is 12.6 Å². The highest BCUT2D eigenvalue weighted by Gasteiger charge is 2.31. The van der Waals surface area contributed by atoms with Crippen molar-refractivity contribution in [1.29, 1.82) is 0 Å². The van der Waals surface area contributed by atoms with E-state index in [4.69, 9.17) is 0 Å². The van der Waals surface area contributed by atoms with Gasteiger partial charge in [-0.1, -0.05) is 46.3 Å². The molecular weight excluding hydrogens is 480 g/mol. The Labute approximate surface area is 175 Å². The monoisotopic (exact) mass is 491 g/mol. The molecule has 1 heterocycles. The first-order chi connectivity index (χ1) is 14.0. The lowest BCUT2D eigenvalue weighted by molar-refractivity contribution is -0.154. The van der Waals surface area contributed by atoms with Gasteiger partial charge in [0.25, 0.3) is 0 Å². The van der Waals surface area contributed by atoms with Gasteiger partial charge in [0, 0.05) is 16.5 Å². The number of rotatable bonds is 5. The summed E-state index contributed by atoms with van der Waals surface area (Å²) in [5.74, 6) is 0.00178. The molecule has 0 saturated carbocycles. The van der Waals surface area contributed by atoms with E-state index in [-0.39, 0.29) is 23.6 Å². The van der Waals surface area contributed by atoms with E-state index in [0.29, 0.717) is 10.0 Å². The van der Waals surface area contributed by atoms with E-state index >= 15 is 0 Å². The minimum Gasteiger partial charge on any atom is -0.454 e. The lowest BCUT2D eigenvalue weighted by Crippen LogP contribution is -2.20. The number of aromatic nitrogens is 3. The Morgan fingerprint density at radius 1 is 0.867 bits per heavy atom. The van der Waals surface area contributed by atoms with Crippen molar-refractivity contribution in [3.8, 4) is 17.4 Å². The van der Waals surface area contributed by atoms with E-state index in [0.717, 1.165) is 12.1 Å². The van der Waals surface area contributed by atoms with E-state index in [9.17, 15) is 26.3 Å². The molecule has 1 aromatic heterocycles. The van der Waals surface area contributed by atoms with Crippen LogP contribution in [0.15, 0.2) is 53.0 Å². The van der Waals surface area contributed by atoms with Gasteiger partial charge in [-0.25, -0.2) is 4.98 Å². The van der Waals surface area contributed by atoms with Crippen molar-refractivity contribution in [3.63, 3.8) is 0 Å². The molecular formula is C19H12BrF6N3O. The van der Waals surface area contributed by atoms with Gasteiger partial charge >= 0.3 is 18.4 Å². The first-order valence-electron chi connectivity index (χ1n) is 8.36. The molecule has 0 N–H and O–H groups in total. The summed E-state index contributed by atoms with van der Waals surface area (Å²) in [4.78, 5) is 11.9. The van der Waals surface area contributed by atoms with Crippen molar-refractivity contribution >= 4 is 15.9 Å². The number of alkyl halides is 6. The van der Waals surface area contributed by atoms with Crippen molar-refractivity contribution in [3.05, 3.63) is 70.0 Å². The van der Waals surface area contributed by atoms with Crippen LogP contribution in [-0.4, -0.2) is 27.7 Å². The fourth-order valence-electron chi connectivity index (χ4n) is 2.49. The molecule has 0 aliphatic heterocycles. The minimum absolute atomic E-state index is 0.0310. The zero-order chi connectivity index (χ0) is 21.9. The normalized spacial score (nSPS) is 12.1. The van der Waals surface area contributed by atoms with Gasteiger partial charge in [0.05, 0.1) is 5.56 Å². The van der Waals surface area contributed by atoms with Crippen molar-refractivity contribution in [2.45, 2.75) is 18.8 Å². The minimum atomic E-state index is -4.61. The third-order valence-corrected chi connectivity index (χ3v) is 4.22. The molecule has 4 nitrogen and oxygen atoms in total. The summed E-state index contributed by atoms with van der Waals surface area (Å²) < 4.78 is 81.7. The number of benzene rings is 2. The Hall–Kier alpha value is -2.69. The van der Waals surface area contributed by atoms with Gasteiger partial charge in [-0.15, -0.1) is 0 Å². The fraction of sp³-hybridized carbons (Fsp3) is 0.211. The first kappa shape index (κ1) is 22.0. The Bertz CT molecular complexity index is 1040. The molecule has 0 aliphatic carbocycles. The summed E-state index contributed by atoms with van der Waals surface area (Å²) in [5.41, 5.74) is -0.151. The zero-order valence-corrected chi connectivity index (χ0v) is 16.5. The van der Waals surface area contributed by atoms with Crippen LogP contribution in [0.2, 0.25) is 0 Å². The van der Waals surface area contributed by atoms with Crippen LogP contribution < -0.4 is 4.74 Å². The molecule has 158 valence electrons. The maximum absolute atomic E-state index is 12.9. The number of ether oxygens (including phenoxy) is 1. The van der Waals surface area contributed by atoms with Gasteiger partial charge in [0.1, 0.15) is 5.82 Å². The van der Waals surface area contributed by atoms with E-state index < -0.39 is 30.5 Å². The quantitative estimate of drug-likeness (QED) is 0.420. The Morgan fingerprint density at radius 2 is 1.60 bits per heavy atom. The van der Waals surface area contributed by atoms with E-state index in [1.54, 1.807) is 24.3 Å². The second-order valence-electron chi connectivity index (χ2n) is 6.15. The molecule has 0 radical (unpaired) electrons. The van der Waals surface area contributed by atoms with Gasteiger partial charge in [0.15, 0.2) is 12.4 Å². The molecule has 0 bridgehead atoms. The van der Waals surface area contributed by atoms with Crippen molar-refractivity contribution in [2.75, 3.05) is 6.61 Å². The van der Waals surface area contributed by atoms with Gasteiger partial charge in [-0.05, 0) is 23.8 Å². The molecule has 2 aromatic carbocycles. The third kappa shape index (κ3) is 6.15. The largest absolute Gasteiger partial charge is 0.454 e. The topological polar surface area (TPSA) is 47.9 Å². The summed E-state index contributed by atoms with van der Waals surface area (Å²) in [6, 6.07) is 10.6. The Morgan fingerprint density at radius 3 is 2.27 bits per heavy atom. The summed E-state index contributed by atoms with van der Waals surface area (Å²) in [6.07, 6.45) is -9.29. The third-order valence-electron chi connectivity index (χ3n) is 3.73. The molecule has 3 aromatic rings. The smallest absolute Gasteiger partial charge is 0.422 e. The zero-order valence-electron chi connectivity index (χ0n) is 14.9. The second-order valence-corrected chi connectivity index (χ2v) is 7.06. The molecule has 30 heavy (non-hydrogen) atoms. The number of nitrogens with zero attached hydrogens (tertiary/aromatic N) is 3. The highest BCUT2D eigenvalue weighted by atomic mass is 79.9. The summed E-state index contributed by atoms with van der Waals surface area (Å²) in [5, 5.41) is 0. The lowest BCUT2D eigenvalue weighted by Gasteiger charge is -2.11. The molecule has 0 amide bonds. The molecule has 0 unspecified atom stereocenters. The summed E-state index contributed by atoms with van der Waals surface area (Å²) in [7, 11) is 0. The van der Waals surface area contributed by atoms with Crippen LogP contribution in [0.3, 0.4) is 0 Å². The highest BCUT2D eigenvalue weighted by Crippen LogP contribution is 2.30. The van der Waals surface area contributed by atoms with Crippen LogP contribution in [0.4, 0.5) is 26.3 Å². The predicted molar refractivity (Wildman–Crippen MR) is 98.8 cm³/mol. The van der Waals surface area contributed by atoms with Gasteiger partial charge < -0.3 is 4.74 Å². The van der Waals surface area contributed by atoms with Crippen molar-refractivity contribution < 1.29 is 31.1 Å². The molecule has 11 heteroatoms. The van der Waals surface area contributed by atoms with E-state index in [1.165, 1.54) is 12.1 Å². The van der Waals surface area contributed by atoms with Crippen molar-refractivity contribution in [1.82, 2.24) is 15.0 Å². The fourth-order valence-corrected chi connectivity index (χ4v) is 2.88. The van der Waals surface area contributed by atoms with Gasteiger partial charge in [-0.2, -0.15) is 36.3 Å². The average molecular weight is 492 g/mol. The molecule has 0 fully saturated rings. The molecule has 0 aliphatic rings. The standard InChI is InChI=1S/C19H12BrF6N3O/c20-14-6-2-4-12(9-14)16-27-15(28-17(29-16)30-10-18(21,22)23)8-11-3-1-5-13(7-11)19(24,25)26/h1-7,9H,8,10H2. The first-order valence-corrected chi connectivity index (χ1v) is 9.15. The maximum atomic E-state index is 12.9. The van der Waals surface area contributed by atoms with Gasteiger partial charge in [0.2, 0.25) is 0 Å². The summed E-state index contributed by atoms with van der Waals surface area (Å²) in [6.45, 7) is -1.61. The number of hydrogen-bond donors (Lipinski definition) is 0. The van der Waals surface area contributed by atoms with Crippen LogP contribution in [0.25, 0.3) is 11.4 Å². The van der Waals surface area contributed by atoms with Crippen LogP contribution in [0, 0.1) is 0 Å². The van der Waals surface area contributed by atoms with Gasteiger partial charge in [-0.3, -0.25) is 0 Å². The van der Waals surface area contributed by atoms with E-state index in [2.05, 4.69) is 35.6 Å². The maximum Gasteiger partial charge on any atom is 0.422 e. The molecule has 0 spiro atoms. The van der Waals surface area contributed by atoms with Crippen LogP contribution in [0.1, 0.15) is 17.0 Å². The Kier molecular flexibility index (Phi) is 6.30. The number of hydrogen-bond acceptors (Lipinski definition) is 4. The number of halogens is 7. The predicted octanol–water partition coefficient (Wildman–Crippen LogP) is 5.85. The lowest BCUT2D eigenvalue weighted by atomic mass is 10.1. The Balaban J connectivity index is 1.97. The van der Waals surface area contributed by atoms with Crippen molar-refractivity contribution in [2.24, 2.45) is 0 Å². The highest BCUT2D eigenvalue weighted by molar-refractivity contribution is 9.10. The summed E-state index contributed by atoms with van der Waals surface area (Å²) >= 11 is 3.28. The SMILES string of the molecule is FC(F)(F)COc1nc(Cc2cccc(C(F)(F)F)c2)nc(-c2cccc(Br)c2)n1. The second kappa shape index (κ2) is 8.58. The van der Waals surface area contributed by atoms with E-state index in [1.807, 2.05) is 0 Å². The average Bonchev–Trinajstić information content (AvgIpc) is 2.65. The molecule has 3 rings (SSSR count). The molecule has 0 saturated heterocycles. The molecule has 0 atom stereocenters. The van der Waals surface area contributed by atoms with Crippen LogP contribution in [0.5, 0.6) is 6.01 Å².